The van der Waals surface area contributed by atoms with Crippen LogP contribution < -0.4 is 0 Å². The Balaban J connectivity index is 1.94. The Bertz CT molecular complexity index is 744. The van der Waals surface area contributed by atoms with Crippen LogP contribution in [0.2, 0.25) is 0 Å². The van der Waals surface area contributed by atoms with Gasteiger partial charge in [0, 0.05) is 12.5 Å². The summed E-state index contributed by atoms with van der Waals surface area (Å²) in [6.07, 6.45) is 4.16. The summed E-state index contributed by atoms with van der Waals surface area (Å²) < 4.78 is 7.38. The summed E-state index contributed by atoms with van der Waals surface area (Å²) in [6, 6.07) is 8.98. The van der Waals surface area contributed by atoms with Crippen molar-refractivity contribution in [3.8, 4) is 0 Å². The van der Waals surface area contributed by atoms with E-state index in [2.05, 4.69) is 11.9 Å². The first-order chi connectivity index (χ1) is 9.65. The minimum Gasteiger partial charge on any atom is -0.478 e. The Morgan fingerprint density at radius 1 is 1.45 bits per heavy atom. The zero-order chi connectivity index (χ0) is 14.1. The number of carboxylic acids is 1. The number of nitrogens with zero attached hydrogens (tertiary/aromatic N) is 2. The lowest BCUT2D eigenvalue weighted by Crippen LogP contribution is -2.06. The van der Waals surface area contributed by atoms with Gasteiger partial charge in [0.25, 0.3) is 0 Å². The van der Waals surface area contributed by atoms with E-state index in [1.807, 2.05) is 16.7 Å². The van der Waals surface area contributed by atoms with Crippen molar-refractivity contribution in [2.75, 3.05) is 0 Å². The van der Waals surface area contributed by atoms with Crippen molar-refractivity contribution >= 4 is 17.0 Å². The third-order valence-corrected chi connectivity index (χ3v) is 3.37. The van der Waals surface area contributed by atoms with Gasteiger partial charge in [0.1, 0.15) is 5.76 Å². The van der Waals surface area contributed by atoms with Gasteiger partial charge in [-0.05, 0) is 37.3 Å². The molecule has 0 radical (unpaired) electrons. The lowest BCUT2D eigenvalue weighted by molar-refractivity contribution is 0.0697. The summed E-state index contributed by atoms with van der Waals surface area (Å²) in [7, 11) is 0. The predicted molar refractivity (Wildman–Crippen MR) is 73.8 cm³/mol. The molecule has 3 aromatic rings. The molecule has 1 aromatic carbocycles. The van der Waals surface area contributed by atoms with Crippen molar-refractivity contribution in [3.05, 3.63) is 54.2 Å². The summed E-state index contributed by atoms with van der Waals surface area (Å²) >= 11 is 0. The van der Waals surface area contributed by atoms with Crippen molar-refractivity contribution < 1.29 is 14.3 Å². The Morgan fingerprint density at radius 3 is 3.00 bits per heavy atom. The summed E-state index contributed by atoms with van der Waals surface area (Å²) in [5.74, 6) is -0.0217. The maximum atomic E-state index is 10.9. The molecule has 102 valence electrons. The zero-order valence-electron chi connectivity index (χ0n) is 11.0. The zero-order valence-corrected chi connectivity index (χ0v) is 11.0. The maximum Gasteiger partial charge on any atom is 0.335 e. The first-order valence-corrected chi connectivity index (χ1v) is 6.37. The monoisotopic (exact) mass is 270 g/mol. The fourth-order valence-electron chi connectivity index (χ4n) is 2.33. The lowest BCUT2D eigenvalue weighted by Gasteiger charge is -2.12. The Morgan fingerprint density at radius 2 is 2.30 bits per heavy atom. The second-order valence-corrected chi connectivity index (χ2v) is 4.79. The first-order valence-electron chi connectivity index (χ1n) is 6.37. The highest BCUT2D eigenvalue weighted by atomic mass is 16.4. The Kier molecular flexibility index (Phi) is 3.02. The van der Waals surface area contributed by atoms with Crippen LogP contribution in [0.1, 0.15) is 29.1 Å². The molecule has 0 aliphatic heterocycles. The molecule has 2 aromatic heterocycles. The highest BCUT2D eigenvalue weighted by molar-refractivity contribution is 5.92. The molecule has 0 saturated carbocycles. The number of rotatable bonds is 4. The molecule has 20 heavy (non-hydrogen) atoms. The van der Waals surface area contributed by atoms with Gasteiger partial charge in [0.05, 0.1) is 29.2 Å². The van der Waals surface area contributed by atoms with Gasteiger partial charge < -0.3 is 14.1 Å². The molecule has 0 saturated heterocycles. The van der Waals surface area contributed by atoms with E-state index in [1.165, 1.54) is 0 Å². The molecule has 0 bridgehead atoms. The summed E-state index contributed by atoms with van der Waals surface area (Å²) in [5.41, 5.74) is 1.87. The van der Waals surface area contributed by atoms with E-state index >= 15 is 0 Å². The number of furan rings is 1. The number of carbonyl (C=O) groups is 1. The molecule has 0 aliphatic rings. The number of hydrogen-bond acceptors (Lipinski definition) is 3. The van der Waals surface area contributed by atoms with Crippen LogP contribution in [0.4, 0.5) is 0 Å². The molecule has 0 fully saturated rings. The van der Waals surface area contributed by atoms with E-state index in [1.54, 1.807) is 30.8 Å². The van der Waals surface area contributed by atoms with Gasteiger partial charge in [0.2, 0.25) is 0 Å². The van der Waals surface area contributed by atoms with Crippen LogP contribution in [0.3, 0.4) is 0 Å². The van der Waals surface area contributed by atoms with Gasteiger partial charge in [0.15, 0.2) is 0 Å². The van der Waals surface area contributed by atoms with E-state index in [9.17, 15) is 4.79 Å². The number of carboxylic acid groups (broad SMARTS) is 1. The van der Waals surface area contributed by atoms with Gasteiger partial charge in [-0.15, -0.1) is 0 Å². The quantitative estimate of drug-likeness (QED) is 0.790. The smallest absolute Gasteiger partial charge is 0.335 e. The average Bonchev–Trinajstić information content (AvgIpc) is 3.06. The van der Waals surface area contributed by atoms with E-state index in [0.29, 0.717) is 5.52 Å². The van der Waals surface area contributed by atoms with Crippen LogP contribution in [-0.2, 0) is 6.42 Å². The Hall–Kier alpha value is -2.56. The normalized spacial score (nSPS) is 12.7. The third kappa shape index (κ3) is 2.18. The first kappa shape index (κ1) is 12.5. The molecule has 0 amide bonds. The van der Waals surface area contributed by atoms with Crippen LogP contribution in [0.25, 0.3) is 11.0 Å². The molecule has 1 N–H and O–H groups in total. The fourth-order valence-corrected chi connectivity index (χ4v) is 2.33. The van der Waals surface area contributed by atoms with Gasteiger partial charge >= 0.3 is 5.97 Å². The number of imidazole rings is 1. The minimum atomic E-state index is -0.940. The lowest BCUT2D eigenvalue weighted by atomic mass is 10.1. The second-order valence-electron chi connectivity index (χ2n) is 4.79. The Labute approximate surface area is 115 Å². The topological polar surface area (TPSA) is 68.3 Å². The van der Waals surface area contributed by atoms with Gasteiger partial charge in [-0.1, -0.05) is 0 Å². The number of benzene rings is 1. The van der Waals surface area contributed by atoms with E-state index in [0.717, 1.165) is 17.7 Å². The summed E-state index contributed by atoms with van der Waals surface area (Å²) in [4.78, 5) is 15.2. The van der Waals surface area contributed by atoms with Crippen LogP contribution in [0.15, 0.2) is 47.3 Å². The molecule has 1 atom stereocenters. The highest BCUT2D eigenvalue weighted by Gasteiger charge is 2.13. The van der Waals surface area contributed by atoms with Gasteiger partial charge in [-0.25, -0.2) is 9.78 Å². The SMILES string of the molecule is CC(Cc1ccco1)n1cnc2cc(C(=O)O)ccc21. The number of aromatic carboxylic acids is 1. The largest absolute Gasteiger partial charge is 0.478 e. The second kappa shape index (κ2) is 4.85. The third-order valence-electron chi connectivity index (χ3n) is 3.37. The van der Waals surface area contributed by atoms with Crippen molar-refractivity contribution in [3.63, 3.8) is 0 Å². The van der Waals surface area contributed by atoms with E-state index < -0.39 is 5.97 Å². The number of fused-ring (bicyclic) bond motifs is 1. The molecular formula is C15H14N2O3. The van der Waals surface area contributed by atoms with Crippen molar-refractivity contribution in [2.45, 2.75) is 19.4 Å². The molecule has 0 aliphatic carbocycles. The van der Waals surface area contributed by atoms with E-state index in [-0.39, 0.29) is 11.6 Å². The van der Waals surface area contributed by atoms with Gasteiger partial charge in [-0.3, -0.25) is 0 Å². The van der Waals surface area contributed by atoms with E-state index in [4.69, 9.17) is 9.52 Å². The number of aromatic nitrogens is 2. The molecule has 3 rings (SSSR count). The molecular weight excluding hydrogens is 256 g/mol. The van der Waals surface area contributed by atoms with Crippen molar-refractivity contribution in [1.82, 2.24) is 9.55 Å². The van der Waals surface area contributed by atoms with Gasteiger partial charge in [-0.2, -0.15) is 0 Å². The van der Waals surface area contributed by atoms with Crippen molar-refractivity contribution in [2.24, 2.45) is 0 Å². The molecule has 0 spiro atoms. The molecule has 2 heterocycles. The average molecular weight is 270 g/mol. The molecule has 1 unspecified atom stereocenters. The van der Waals surface area contributed by atoms with Crippen LogP contribution in [-0.4, -0.2) is 20.6 Å². The minimum absolute atomic E-state index is 0.182. The number of hydrogen-bond donors (Lipinski definition) is 1. The molecule has 5 nitrogen and oxygen atoms in total. The predicted octanol–water partition coefficient (Wildman–Crippen LogP) is 3.13. The maximum absolute atomic E-state index is 10.9. The summed E-state index contributed by atoms with van der Waals surface area (Å²) in [5, 5.41) is 8.98. The highest BCUT2D eigenvalue weighted by Crippen LogP contribution is 2.22. The summed E-state index contributed by atoms with van der Waals surface area (Å²) in [6.45, 7) is 2.08. The van der Waals surface area contributed by atoms with Crippen LogP contribution >= 0.6 is 0 Å². The van der Waals surface area contributed by atoms with Crippen LogP contribution in [0, 0.1) is 0 Å². The molecule has 5 heteroatoms. The standard InChI is InChI=1S/C15H14N2O3/c1-10(7-12-3-2-6-20-12)17-9-16-13-8-11(15(18)19)4-5-14(13)17/h2-6,8-10H,7H2,1H3,(H,18,19). The fraction of sp³-hybridized carbons (Fsp3) is 0.200. The van der Waals surface area contributed by atoms with Crippen LogP contribution in [0.5, 0.6) is 0 Å². The van der Waals surface area contributed by atoms with Crippen molar-refractivity contribution in [1.29, 1.82) is 0 Å².